The van der Waals surface area contributed by atoms with Gasteiger partial charge in [0, 0.05) is 10.9 Å². The molecule has 1 aromatic heterocycles. The van der Waals surface area contributed by atoms with Gasteiger partial charge in [0.25, 0.3) is 0 Å². The Morgan fingerprint density at radius 3 is 2.47 bits per heavy atom. The average Bonchev–Trinajstić information content (AvgIpc) is 3.16. The second kappa shape index (κ2) is 8.79. The van der Waals surface area contributed by atoms with E-state index in [1.807, 2.05) is 56.3 Å². The number of carbonyl (C=O) groups is 1. The van der Waals surface area contributed by atoms with E-state index in [2.05, 4.69) is 24.0 Å². The molecule has 32 heavy (non-hydrogen) atoms. The predicted octanol–water partition coefficient (Wildman–Crippen LogP) is 6.05. The minimum atomic E-state index is -0.953. The molecule has 4 rings (SSSR count). The van der Waals surface area contributed by atoms with Crippen LogP contribution in [-0.2, 0) is 6.42 Å². The molecule has 4 N–H and O–H groups in total. The number of aromatic carboxylic acids is 1. The summed E-state index contributed by atoms with van der Waals surface area (Å²) in [5, 5.41) is 10.8. The monoisotopic (exact) mass is 428 g/mol. The van der Waals surface area contributed by atoms with E-state index >= 15 is 0 Å². The summed E-state index contributed by atoms with van der Waals surface area (Å²) >= 11 is 0. The van der Waals surface area contributed by atoms with Crippen LogP contribution in [0.1, 0.15) is 39.2 Å². The lowest BCUT2D eigenvalue weighted by Crippen LogP contribution is -2.06. The van der Waals surface area contributed by atoms with Crippen LogP contribution in [0.2, 0.25) is 0 Å². The summed E-state index contributed by atoms with van der Waals surface area (Å²) in [6, 6.07) is 18.0. The molecule has 0 unspecified atom stereocenters. The number of hydrogen-bond acceptors (Lipinski definition) is 3. The fourth-order valence-electron chi connectivity index (χ4n) is 4.18. The van der Waals surface area contributed by atoms with E-state index in [0.717, 1.165) is 44.3 Å². The number of ether oxygens (including phenoxy) is 1. The van der Waals surface area contributed by atoms with Gasteiger partial charge in [0.1, 0.15) is 11.4 Å². The fourth-order valence-corrected chi connectivity index (χ4v) is 4.18. The SMILES string of the molecule is Cc1ccccc1-c1cccc2c(CCCOc3ccc(C)c(C)c3N)c(C(=O)O)[nH]c12. The zero-order chi connectivity index (χ0) is 22.8. The first-order chi connectivity index (χ1) is 15.4. The van der Waals surface area contributed by atoms with E-state index in [1.54, 1.807) is 0 Å². The molecule has 0 aliphatic carbocycles. The molecule has 1 heterocycles. The summed E-state index contributed by atoms with van der Waals surface area (Å²) in [7, 11) is 0. The van der Waals surface area contributed by atoms with Crippen LogP contribution in [0.4, 0.5) is 5.69 Å². The predicted molar refractivity (Wildman–Crippen MR) is 130 cm³/mol. The number of carboxylic acids is 1. The molecule has 0 saturated carbocycles. The minimum absolute atomic E-state index is 0.242. The zero-order valence-corrected chi connectivity index (χ0v) is 18.7. The lowest BCUT2D eigenvalue weighted by atomic mass is 9.97. The highest BCUT2D eigenvalue weighted by Gasteiger charge is 2.19. The van der Waals surface area contributed by atoms with Crippen molar-refractivity contribution in [1.29, 1.82) is 0 Å². The first-order valence-electron chi connectivity index (χ1n) is 10.8. The molecular formula is C27H28N2O3. The van der Waals surface area contributed by atoms with Crippen LogP contribution in [0.15, 0.2) is 54.6 Å². The molecule has 0 aliphatic heterocycles. The molecule has 0 radical (unpaired) electrons. The maximum absolute atomic E-state index is 12.0. The number of aromatic amines is 1. The number of nitrogen functional groups attached to an aromatic ring is 1. The average molecular weight is 429 g/mol. The van der Waals surface area contributed by atoms with Gasteiger partial charge in [-0.2, -0.15) is 0 Å². The molecule has 0 amide bonds. The molecule has 0 atom stereocenters. The van der Waals surface area contributed by atoms with Crippen LogP contribution in [-0.4, -0.2) is 22.7 Å². The molecule has 0 bridgehead atoms. The van der Waals surface area contributed by atoms with Gasteiger partial charge in [-0.3, -0.25) is 0 Å². The molecule has 0 saturated heterocycles. The molecule has 5 nitrogen and oxygen atoms in total. The number of rotatable bonds is 7. The van der Waals surface area contributed by atoms with Crippen LogP contribution < -0.4 is 10.5 Å². The Kier molecular flexibility index (Phi) is 5.91. The van der Waals surface area contributed by atoms with Crippen LogP contribution in [0.5, 0.6) is 5.75 Å². The fraction of sp³-hybridized carbons (Fsp3) is 0.222. The number of benzene rings is 3. The Balaban J connectivity index is 1.61. The van der Waals surface area contributed by atoms with Crippen LogP contribution >= 0.6 is 0 Å². The number of fused-ring (bicyclic) bond motifs is 1. The maximum atomic E-state index is 12.0. The highest BCUT2D eigenvalue weighted by atomic mass is 16.5. The highest BCUT2D eigenvalue weighted by Crippen LogP contribution is 2.34. The molecule has 3 aromatic carbocycles. The van der Waals surface area contributed by atoms with E-state index in [4.69, 9.17) is 10.5 Å². The molecule has 0 fully saturated rings. The van der Waals surface area contributed by atoms with Gasteiger partial charge in [0.15, 0.2) is 0 Å². The van der Waals surface area contributed by atoms with Gasteiger partial charge in [0.2, 0.25) is 0 Å². The van der Waals surface area contributed by atoms with Gasteiger partial charge in [0.05, 0.1) is 17.8 Å². The molecular weight excluding hydrogens is 400 g/mol. The molecule has 5 heteroatoms. The number of nitrogens with one attached hydrogen (secondary N) is 1. The Morgan fingerprint density at radius 2 is 1.72 bits per heavy atom. The van der Waals surface area contributed by atoms with Crippen LogP contribution in [0.3, 0.4) is 0 Å². The quantitative estimate of drug-likeness (QED) is 0.247. The molecule has 164 valence electrons. The molecule has 0 spiro atoms. The van der Waals surface area contributed by atoms with Crippen molar-refractivity contribution >= 4 is 22.6 Å². The van der Waals surface area contributed by atoms with Gasteiger partial charge in [-0.05, 0) is 67.5 Å². The number of aromatic nitrogens is 1. The molecule has 0 aliphatic rings. The Bertz CT molecular complexity index is 1300. The summed E-state index contributed by atoms with van der Waals surface area (Å²) in [4.78, 5) is 15.2. The maximum Gasteiger partial charge on any atom is 0.352 e. The van der Waals surface area contributed by atoms with Crippen molar-refractivity contribution < 1.29 is 14.6 Å². The van der Waals surface area contributed by atoms with Crippen molar-refractivity contribution in [2.45, 2.75) is 33.6 Å². The van der Waals surface area contributed by atoms with Gasteiger partial charge in [-0.25, -0.2) is 4.79 Å². The summed E-state index contributed by atoms with van der Waals surface area (Å²) < 4.78 is 5.91. The van der Waals surface area contributed by atoms with Crippen molar-refractivity contribution in [3.05, 3.63) is 82.5 Å². The van der Waals surface area contributed by atoms with E-state index in [9.17, 15) is 9.90 Å². The zero-order valence-electron chi connectivity index (χ0n) is 18.7. The number of nitrogens with two attached hydrogens (primary N) is 1. The van der Waals surface area contributed by atoms with Crippen molar-refractivity contribution in [1.82, 2.24) is 4.98 Å². The normalized spacial score (nSPS) is 11.1. The minimum Gasteiger partial charge on any atom is -0.491 e. The Labute approximate surface area is 187 Å². The topological polar surface area (TPSA) is 88.3 Å². The van der Waals surface area contributed by atoms with E-state index in [-0.39, 0.29) is 5.69 Å². The third-order valence-corrected chi connectivity index (χ3v) is 6.16. The first kappa shape index (κ1) is 21.5. The smallest absolute Gasteiger partial charge is 0.352 e. The number of anilines is 1. The van der Waals surface area contributed by atoms with Crippen molar-refractivity contribution in [2.75, 3.05) is 12.3 Å². The van der Waals surface area contributed by atoms with Gasteiger partial charge in [-0.1, -0.05) is 48.5 Å². The Morgan fingerprint density at radius 1 is 0.969 bits per heavy atom. The number of H-pyrrole nitrogens is 1. The number of aryl methyl sites for hydroxylation is 3. The van der Waals surface area contributed by atoms with Crippen molar-refractivity contribution in [3.63, 3.8) is 0 Å². The third kappa shape index (κ3) is 3.94. The van der Waals surface area contributed by atoms with E-state index in [0.29, 0.717) is 30.9 Å². The second-order valence-corrected chi connectivity index (χ2v) is 8.20. The summed E-state index contributed by atoms with van der Waals surface area (Å²) in [5.41, 5.74) is 14.1. The summed E-state index contributed by atoms with van der Waals surface area (Å²) in [5.74, 6) is -0.279. The van der Waals surface area contributed by atoms with Gasteiger partial charge >= 0.3 is 5.97 Å². The third-order valence-electron chi connectivity index (χ3n) is 6.16. The number of hydrogen-bond donors (Lipinski definition) is 3. The summed E-state index contributed by atoms with van der Waals surface area (Å²) in [6.45, 7) is 6.52. The van der Waals surface area contributed by atoms with Crippen LogP contribution in [0.25, 0.3) is 22.0 Å². The van der Waals surface area contributed by atoms with E-state index < -0.39 is 5.97 Å². The lowest BCUT2D eigenvalue weighted by Gasteiger charge is -2.12. The number of carboxylic acid groups (broad SMARTS) is 1. The van der Waals surface area contributed by atoms with Gasteiger partial charge in [-0.15, -0.1) is 0 Å². The van der Waals surface area contributed by atoms with Gasteiger partial charge < -0.3 is 20.6 Å². The standard InChI is InChI=1S/C27H28N2O3/c1-16-13-14-23(24(28)18(16)3)32-15-7-12-22-21-11-6-10-20(19-9-5-4-8-17(19)2)25(21)29-26(22)27(30)31/h4-6,8-11,13-14,29H,7,12,15,28H2,1-3H3,(H,30,31). The Hall–Kier alpha value is -3.73. The first-order valence-corrected chi connectivity index (χ1v) is 10.8. The van der Waals surface area contributed by atoms with E-state index in [1.165, 1.54) is 0 Å². The van der Waals surface area contributed by atoms with Crippen molar-refractivity contribution in [2.24, 2.45) is 0 Å². The van der Waals surface area contributed by atoms with Crippen molar-refractivity contribution in [3.8, 4) is 16.9 Å². The largest absolute Gasteiger partial charge is 0.491 e. The molecule has 4 aromatic rings. The van der Waals surface area contributed by atoms with Crippen LogP contribution in [0, 0.1) is 20.8 Å². The second-order valence-electron chi connectivity index (χ2n) is 8.20. The highest BCUT2D eigenvalue weighted by molar-refractivity contribution is 6.03. The number of para-hydroxylation sites is 1. The summed E-state index contributed by atoms with van der Waals surface area (Å²) in [6.07, 6.45) is 1.26. The lowest BCUT2D eigenvalue weighted by molar-refractivity contribution is 0.0690.